The Labute approximate surface area is 113 Å². The van der Waals surface area contributed by atoms with E-state index >= 15 is 0 Å². The maximum atomic E-state index is 4.40. The molecule has 2 fully saturated rings. The average Bonchev–Trinajstić information content (AvgIpc) is 2.47. The van der Waals surface area contributed by atoms with Crippen molar-refractivity contribution in [3.05, 3.63) is 12.3 Å². The summed E-state index contributed by atoms with van der Waals surface area (Å²) < 4.78 is 0. The summed E-state index contributed by atoms with van der Waals surface area (Å²) in [6.07, 6.45) is 9.66. The van der Waals surface area contributed by atoms with Crippen LogP contribution in [0.1, 0.15) is 51.9 Å². The molecular formula is C16H30N2. The number of hydrogen-bond donors (Lipinski definition) is 0. The largest absolute Gasteiger partial charge is 0.375 e. The molecule has 1 aliphatic carbocycles. The van der Waals surface area contributed by atoms with Crippen molar-refractivity contribution >= 4 is 0 Å². The topological polar surface area (TPSA) is 6.48 Å². The van der Waals surface area contributed by atoms with Gasteiger partial charge in [0.05, 0.1) is 0 Å². The van der Waals surface area contributed by atoms with Crippen molar-refractivity contribution in [2.75, 3.05) is 26.7 Å². The highest BCUT2D eigenvalue weighted by molar-refractivity contribution is 5.03. The van der Waals surface area contributed by atoms with Crippen LogP contribution < -0.4 is 0 Å². The van der Waals surface area contributed by atoms with Gasteiger partial charge in [0, 0.05) is 24.8 Å². The molecule has 0 aromatic heterocycles. The van der Waals surface area contributed by atoms with Crippen LogP contribution in [0.15, 0.2) is 12.3 Å². The van der Waals surface area contributed by atoms with E-state index in [2.05, 4.69) is 30.4 Å². The van der Waals surface area contributed by atoms with E-state index in [0.29, 0.717) is 0 Å². The zero-order valence-electron chi connectivity index (χ0n) is 12.3. The number of hydrogen-bond acceptors (Lipinski definition) is 2. The molecule has 0 bridgehead atoms. The second-order valence-corrected chi connectivity index (χ2v) is 6.12. The fourth-order valence-electron chi connectivity index (χ4n) is 3.55. The second kappa shape index (κ2) is 6.60. The summed E-state index contributed by atoms with van der Waals surface area (Å²) in [4.78, 5) is 5.08. The predicted octanol–water partition coefficient (Wildman–Crippen LogP) is 3.50. The summed E-state index contributed by atoms with van der Waals surface area (Å²) in [5.41, 5.74) is 1.45. The Bertz CT molecular complexity index is 260. The van der Waals surface area contributed by atoms with Gasteiger partial charge in [0.1, 0.15) is 0 Å². The van der Waals surface area contributed by atoms with Crippen LogP contribution in [0.4, 0.5) is 0 Å². The van der Waals surface area contributed by atoms with Gasteiger partial charge >= 0.3 is 0 Å². The molecule has 0 amide bonds. The first-order valence-electron chi connectivity index (χ1n) is 7.86. The Morgan fingerprint density at radius 3 is 2.28 bits per heavy atom. The van der Waals surface area contributed by atoms with Crippen molar-refractivity contribution in [2.45, 2.75) is 57.9 Å². The average molecular weight is 250 g/mol. The Balaban J connectivity index is 1.79. The van der Waals surface area contributed by atoms with Gasteiger partial charge < -0.3 is 9.80 Å². The maximum absolute atomic E-state index is 4.40. The quantitative estimate of drug-likeness (QED) is 0.753. The van der Waals surface area contributed by atoms with Crippen molar-refractivity contribution in [3.8, 4) is 0 Å². The molecule has 1 aliphatic heterocycles. The van der Waals surface area contributed by atoms with Gasteiger partial charge in [0.2, 0.25) is 0 Å². The molecule has 0 unspecified atom stereocenters. The van der Waals surface area contributed by atoms with Crippen LogP contribution in [-0.4, -0.2) is 42.5 Å². The molecule has 104 valence electrons. The molecule has 0 spiro atoms. The van der Waals surface area contributed by atoms with Crippen molar-refractivity contribution < 1.29 is 0 Å². The molecule has 18 heavy (non-hydrogen) atoms. The van der Waals surface area contributed by atoms with E-state index in [4.69, 9.17) is 0 Å². The predicted molar refractivity (Wildman–Crippen MR) is 78.6 cm³/mol. The summed E-state index contributed by atoms with van der Waals surface area (Å²) in [5.74, 6) is 0.791. The van der Waals surface area contributed by atoms with Crippen molar-refractivity contribution in [2.24, 2.45) is 5.92 Å². The summed E-state index contributed by atoms with van der Waals surface area (Å²) >= 11 is 0. The first kappa shape index (κ1) is 13.9. The van der Waals surface area contributed by atoms with Crippen LogP contribution in [0.3, 0.4) is 0 Å². The third-order valence-electron chi connectivity index (χ3n) is 5.07. The van der Waals surface area contributed by atoms with Crippen molar-refractivity contribution in [1.82, 2.24) is 9.80 Å². The third-order valence-corrected chi connectivity index (χ3v) is 5.07. The van der Waals surface area contributed by atoms with Gasteiger partial charge in [0.25, 0.3) is 0 Å². The Kier molecular flexibility index (Phi) is 5.11. The molecule has 0 aromatic carbocycles. The molecule has 1 saturated carbocycles. The summed E-state index contributed by atoms with van der Waals surface area (Å²) in [6.45, 7) is 10.3. The first-order valence-corrected chi connectivity index (χ1v) is 7.86. The highest BCUT2D eigenvalue weighted by Gasteiger charge is 2.26. The van der Waals surface area contributed by atoms with Gasteiger partial charge in [-0.1, -0.05) is 32.8 Å². The molecule has 2 rings (SSSR count). The molecule has 0 atom stereocenters. The fraction of sp³-hybridized carbons (Fsp3) is 0.875. The zero-order valence-corrected chi connectivity index (χ0v) is 12.3. The van der Waals surface area contributed by atoms with Crippen LogP contribution in [0.2, 0.25) is 0 Å². The number of allylic oxidation sites excluding steroid dienone is 1. The van der Waals surface area contributed by atoms with Crippen molar-refractivity contribution in [3.63, 3.8) is 0 Å². The third kappa shape index (κ3) is 3.28. The fourth-order valence-corrected chi connectivity index (χ4v) is 3.55. The van der Waals surface area contributed by atoms with E-state index in [-0.39, 0.29) is 0 Å². The number of piperidine rings is 1. The second-order valence-electron chi connectivity index (χ2n) is 6.12. The Morgan fingerprint density at radius 1 is 1.11 bits per heavy atom. The van der Waals surface area contributed by atoms with Crippen LogP contribution >= 0.6 is 0 Å². The lowest BCUT2D eigenvalue weighted by Crippen LogP contribution is -2.43. The SMILES string of the molecule is C=C(C1CCCCC1)N1CCC(N(C)CC)CC1. The number of likely N-dealkylation sites (tertiary alicyclic amines) is 1. The molecule has 1 saturated heterocycles. The van der Waals surface area contributed by atoms with Crippen LogP contribution in [0.25, 0.3) is 0 Å². The summed E-state index contributed by atoms with van der Waals surface area (Å²) in [5, 5.41) is 0. The molecule has 1 heterocycles. The van der Waals surface area contributed by atoms with Crippen molar-refractivity contribution in [1.29, 1.82) is 0 Å². The minimum absolute atomic E-state index is 0.791. The van der Waals surface area contributed by atoms with Gasteiger partial charge in [-0.25, -0.2) is 0 Å². The maximum Gasteiger partial charge on any atom is 0.0189 e. The molecule has 2 aliphatic rings. The zero-order chi connectivity index (χ0) is 13.0. The summed E-state index contributed by atoms with van der Waals surface area (Å²) in [7, 11) is 2.26. The van der Waals surface area contributed by atoms with Crippen LogP contribution in [0.5, 0.6) is 0 Å². The van der Waals surface area contributed by atoms with Gasteiger partial charge in [0.15, 0.2) is 0 Å². The van der Waals surface area contributed by atoms with Gasteiger partial charge in [-0.2, -0.15) is 0 Å². The minimum Gasteiger partial charge on any atom is -0.375 e. The van der Waals surface area contributed by atoms with E-state index in [9.17, 15) is 0 Å². The first-order chi connectivity index (χ1) is 8.72. The molecule has 2 heteroatoms. The Hall–Kier alpha value is -0.500. The van der Waals surface area contributed by atoms with E-state index in [0.717, 1.165) is 12.0 Å². The molecule has 0 aromatic rings. The van der Waals surface area contributed by atoms with E-state index in [1.54, 1.807) is 0 Å². The lowest BCUT2D eigenvalue weighted by atomic mass is 9.86. The minimum atomic E-state index is 0.791. The van der Waals surface area contributed by atoms with Gasteiger partial charge in [-0.3, -0.25) is 0 Å². The van der Waals surface area contributed by atoms with Crippen LogP contribution in [-0.2, 0) is 0 Å². The number of nitrogens with zero attached hydrogens (tertiary/aromatic N) is 2. The molecule has 0 radical (unpaired) electrons. The monoisotopic (exact) mass is 250 g/mol. The lowest BCUT2D eigenvalue weighted by Gasteiger charge is -2.41. The van der Waals surface area contributed by atoms with E-state index in [1.165, 1.54) is 70.3 Å². The number of rotatable bonds is 4. The molecule has 0 N–H and O–H groups in total. The highest BCUT2D eigenvalue weighted by atomic mass is 15.2. The Morgan fingerprint density at radius 2 is 1.72 bits per heavy atom. The standard InChI is InChI=1S/C16H30N2/c1-4-17(3)16-10-12-18(13-11-16)14(2)15-8-6-5-7-9-15/h15-16H,2,4-13H2,1,3H3. The lowest BCUT2D eigenvalue weighted by molar-refractivity contribution is 0.141. The molecular weight excluding hydrogens is 220 g/mol. The van der Waals surface area contributed by atoms with E-state index < -0.39 is 0 Å². The highest BCUT2D eigenvalue weighted by Crippen LogP contribution is 2.32. The van der Waals surface area contributed by atoms with Crippen LogP contribution in [0, 0.1) is 5.92 Å². The van der Waals surface area contributed by atoms with Gasteiger partial charge in [-0.15, -0.1) is 0 Å². The van der Waals surface area contributed by atoms with Gasteiger partial charge in [-0.05, 0) is 45.2 Å². The smallest absolute Gasteiger partial charge is 0.0189 e. The van der Waals surface area contributed by atoms with E-state index in [1.807, 2.05) is 0 Å². The summed E-state index contributed by atoms with van der Waals surface area (Å²) in [6, 6.07) is 0.797. The normalized spacial score (nSPS) is 23.6. The molecule has 2 nitrogen and oxygen atoms in total.